The van der Waals surface area contributed by atoms with Gasteiger partial charge in [-0.05, 0) is 19.9 Å². The summed E-state index contributed by atoms with van der Waals surface area (Å²) in [5, 5.41) is 8.89. The van der Waals surface area contributed by atoms with E-state index in [2.05, 4.69) is 27.9 Å². The predicted octanol–water partition coefficient (Wildman–Crippen LogP) is 1.60. The number of hydrogen-bond donors (Lipinski definition) is 0. The van der Waals surface area contributed by atoms with E-state index >= 15 is 0 Å². The van der Waals surface area contributed by atoms with Crippen molar-refractivity contribution in [3.8, 4) is 6.07 Å². The predicted molar refractivity (Wildman–Crippen MR) is 65.6 cm³/mol. The van der Waals surface area contributed by atoms with Crippen molar-refractivity contribution in [2.75, 3.05) is 23.0 Å². The van der Waals surface area contributed by atoms with Crippen LogP contribution in [-0.2, 0) is 0 Å². The zero-order chi connectivity index (χ0) is 11.5. The molecule has 1 saturated heterocycles. The number of nitrogens with zero attached hydrogens (tertiary/aromatic N) is 4. The second-order valence-electron chi connectivity index (χ2n) is 3.92. The van der Waals surface area contributed by atoms with E-state index in [1.54, 1.807) is 6.07 Å². The third-order valence-electron chi connectivity index (χ3n) is 2.58. The third kappa shape index (κ3) is 2.27. The first-order valence-electron chi connectivity index (χ1n) is 5.31. The van der Waals surface area contributed by atoms with Gasteiger partial charge in [0.2, 0.25) is 5.95 Å². The first-order valence-corrected chi connectivity index (χ1v) is 6.46. The molecule has 16 heavy (non-hydrogen) atoms. The molecular weight excluding hydrogens is 220 g/mol. The van der Waals surface area contributed by atoms with Crippen LogP contribution in [0.3, 0.4) is 0 Å². The average Bonchev–Trinajstić information content (AvgIpc) is 2.28. The van der Waals surface area contributed by atoms with E-state index in [9.17, 15) is 0 Å². The van der Waals surface area contributed by atoms with E-state index in [1.807, 2.05) is 18.7 Å². The molecule has 1 fully saturated rings. The minimum atomic E-state index is 0.437. The summed E-state index contributed by atoms with van der Waals surface area (Å²) in [5.74, 6) is 2.90. The van der Waals surface area contributed by atoms with E-state index in [-0.39, 0.29) is 0 Å². The summed E-state index contributed by atoms with van der Waals surface area (Å²) in [6, 6.07) is 4.23. The Morgan fingerprint density at radius 1 is 1.56 bits per heavy atom. The first kappa shape index (κ1) is 11.2. The van der Waals surface area contributed by atoms with Gasteiger partial charge < -0.3 is 4.90 Å². The standard InChI is InChI=1S/C11H14N4S/c1-8-5-10(6-12)14-11(13-8)15-3-4-16-7-9(15)2/h5,9H,3-4,7H2,1-2H3. The zero-order valence-corrected chi connectivity index (χ0v) is 10.3. The van der Waals surface area contributed by atoms with Gasteiger partial charge in [-0.3, -0.25) is 0 Å². The lowest BCUT2D eigenvalue weighted by molar-refractivity contribution is 0.675. The van der Waals surface area contributed by atoms with Crippen molar-refractivity contribution in [1.29, 1.82) is 5.26 Å². The van der Waals surface area contributed by atoms with E-state index in [0.29, 0.717) is 17.7 Å². The zero-order valence-electron chi connectivity index (χ0n) is 9.47. The molecule has 0 bridgehead atoms. The molecule has 84 valence electrons. The number of anilines is 1. The molecule has 1 aliphatic rings. The fourth-order valence-corrected chi connectivity index (χ4v) is 2.78. The van der Waals surface area contributed by atoms with Crippen molar-refractivity contribution in [1.82, 2.24) is 9.97 Å². The van der Waals surface area contributed by atoms with Crippen LogP contribution in [0.25, 0.3) is 0 Å². The van der Waals surface area contributed by atoms with E-state index < -0.39 is 0 Å². The molecular formula is C11H14N4S. The summed E-state index contributed by atoms with van der Waals surface area (Å²) in [5.41, 5.74) is 1.31. The Morgan fingerprint density at radius 3 is 3.06 bits per heavy atom. The van der Waals surface area contributed by atoms with Crippen LogP contribution in [-0.4, -0.2) is 34.1 Å². The number of hydrogen-bond acceptors (Lipinski definition) is 5. The van der Waals surface area contributed by atoms with Gasteiger partial charge in [-0.25, -0.2) is 9.97 Å². The van der Waals surface area contributed by atoms with Gasteiger partial charge in [0, 0.05) is 29.8 Å². The maximum atomic E-state index is 8.89. The molecule has 0 amide bonds. The van der Waals surface area contributed by atoms with Crippen LogP contribution in [0, 0.1) is 18.3 Å². The van der Waals surface area contributed by atoms with Gasteiger partial charge in [0.25, 0.3) is 0 Å². The van der Waals surface area contributed by atoms with Gasteiger partial charge in [-0.1, -0.05) is 0 Å². The first-order chi connectivity index (χ1) is 7.70. The summed E-state index contributed by atoms with van der Waals surface area (Å²) in [6.45, 7) is 5.03. The highest BCUT2D eigenvalue weighted by atomic mass is 32.2. The average molecular weight is 234 g/mol. The number of rotatable bonds is 1. The second kappa shape index (κ2) is 4.71. The van der Waals surface area contributed by atoms with Crippen molar-refractivity contribution in [2.24, 2.45) is 0 Å². The third-order valence-corrected chi connectivity index (χ3v) is 3.77. The molecule has 0 saturated carbocycles. The SMILES string of the molecule is Cc1cc(C#N)nc(N2CCSCC2C)n1. The van der Waals surface area contributed by atoms with Gasteiger partial charge in [0.15, 0.2) is 0 Å². The Bertz CT molecular complexity index is 426. The maximum absolute atomic E-state index is 8.89. The molecule has 1 aromatic rings. The Labute approximate surface area is 99.7 Å². The van der Waals surface area contributed by atoms with Gasteiger partial charge in [-0.15, -0.1) is 0 Å². The Morgan fingerprint density at radius 2 is 2.38 bits per heavy atom. The molecule has 0 aliphatic carbocycles. The summed E-state index contributed by atoms with van der Waals surface area (Å²) in [7, 11) is 0. The van der Waals surface area contributed by atoms with Crippen LogP contribution in [0.1, 0.15) is 18.3 Å². The number of thioether (sulfide) groups is 1. The van der Waals surface area contributed by atoms with Gasteiger partial charge in [0.05, 0.1) is 0 Å². The van der Waals surface area contributed by atoms with Gasteiger partial charge >= 0.3 is 0 Å². The highest BCUT2D eigenvalue weighted by molar-refractivity contribution is 7.99. The van der Waals surface area contributed by atoms with Crippen molar-refractivity contribution in [3.05, 3.63) is 17.5 Å². The Balaban J connectivity index is 2.32. The molecule has 0 spiro atoms. The topological polar surface area (TPSA) is 52.8 Å². The van der Waals surface area contributed by atoms with E-state index in [1.165, 1.54) is 0 Å². The summed E-state index contributed by atoms with van der Waals surface area (Å²) in [6.07, 6.45) is 0. The lowest BCUT2D eigenvalue weighted by Gasteiger charge is -2.33. The quantitative estimate of drug-likeness (QED) is 0.738. The van der Waals surface area contributed by atoms with Crippen LogP contribution < -0.4 is 4.90 Å². The fraction of sp³-hybridized carbons (Fsp3) is 0.545. The molecule has 1 aliphatic heterocycles. The second-order valence-corrected chi connectivity index (χ2v) is 5.07. The molecule has 1 unspecified atom stereocenters. The molecule has 5 heteroatoms. The smallest absolute Gasteiger partial charge is 0.227 e. The van der Waals surface area contributed by atoms with Gasteiger partial charge in [-0.2, -0.15) is 17.0 Å². The fourth-order valence-electron chi connectivity index (χ4n) is 1.76. The van der Waals surface area contributed by atoms with Crippen LogP contribution in [0.5, 0.6) is 0 Å². The van der Waals surface area contributed by atoms with Gasteiger partial charge in [0.1, 0.15) is 11.8 Å². The molecule has 0 radical (unpaired) electrons. The summed E-state index contributed by atoms with van der Waals surface area (Å²) < 4.78 is 0. The highest BCUT2D eigenvalue weighted by Crippen LogP contribution is 2.21. The molecule has 4 nitrogen and oxygen atoms in total. The molecule has 0 N–H and O–H groups in total. The monoisotopic (exact) mass is 234 g/mol. The molecule has 1 aromatic heterocycles. The van der Waals surface area contributed by atoms with Crippen molar-refractivity contribution >= 4 is 17.7 Å². The minimum absolute atomic E-state index is 0.437. The summed E-state index contributed by atoms with van der Waals surface area (Å²) in [4.78, 5) is 10.9. The van der Waals surface area contributed by atoms with Crippen LogP contribution >= 0.6 is 11.8 Å². The number of aryl methyl sites for hydroxylation is 1. The molecule has 0 aromatic carbocycles. The van der Waals surface area contributed by atoms with Crippen molar-refractivity contribution < 1.29 is 0 Å². The highest BCUT2D eigenvalue weighted by Gasteiger charge is 2.21. The van der Waals surface area contributed by atoms with Crippen LogP contribution in [0.15, 0.2) is 6.07 Å². The van der Waals surface area contributed by atoms with Crippen molar-refractivity contribution in [2.45, 2.75) is 19.9 Å². The Kier molecular flexibility index (Phi) is 3.30. The lowest BCUT2D eigenvalue weighted by atomic mass is 10.3. The van der Waals surface area contributed by atoms with E-state index in [0.717, 1.165) is 23.7 Å². The maximum Gasteiger partial charge on any atom is 0.227 e. The molecule has 2 rings (SSSR count). The number of aromatic nitrogens is 2. The van der Waals surface area contributed by atoms with Crippen LogP contribution in [0.4, 0.5) is 5.95 Å². The minimum Gasteiger partial charge on any atom is -0.336 e. The normalized spacial score (nSPS) is 20.6. The number of nitriles is 1. The molecule has 2 heterocycles. The van der Waals surface area contributed by atoms with Crippen molar-refractivity contribution in [3.63, 3.8) is 0 Å². The summed E-state index contributed by atoms with van der Waals surface area (Å²) >= 11 is 1.95. The largest absolute Gasteiger partial charge is 0.336 e. The molecule has 1 atom stereocenters. The Hall–Kier alpha value is -1.28. The van der Waals surface area contributed by atoms with Crippen LogP contribution in [0.2, 0.25) is 0 Å². The van der Waals surface area contributed by atoms with E-state index in [4.69, 9.17) is 5.26 Å². The lowest BCUT2D eigenvalue weighted by Crippen LogP contribution is -2.41.